The van der Waals surface area contributed by atoms with Gasteiger partial charge in [-0.2, -0.15) is 0 Å². The summed E-state index contributed by atoms with van der Waals surface area (Å²) in [6.45, 7) is 4.29. The lowest BCUT2D eigenvalue weighted by atomic mass is 9.67. The van der Waals surface area contributed by atoms with E-state index >= 15 is 0 Å². The van der Waals surface area contributed by atoms with Gasteiger partial charge in [0.05, 0.1) is 4.08 Å². The van der Waals surface area contributed by atoms with Crippen molar-refractivity contribution < 1.29 is 5.11 Å². The predicted octanol–water partition coefficient (Wildman–Crippen LogP) is 3.85. The maximum absolute atomic E-state index is 9.68. The fourth-order valence-corrected chi connectivity index (χ4v) is 7.19. The van der Waals surface area contributed by atoms with Gasteiger partial charge in [0, 0.05) is 18.1 Å². The molecule has 1 saturated heterocycles. The molecule has 1 saturated carbocycles. The molecule has 1 N–H and O–H groups in total. The molecule has 1 spiro atoms. The summed E-state index contributed by atoms with van der Waals surface area (Å²) >= 11 is 4.28. The highest BCUT2D eigenvalue weighted by Gasteiger charge is 2.51. The molecule has 0 aromatic rings. The van der Waals surface area contributed by atoms with Crippen molar-refractivity contribution in [3.05, 3.63) is 24.3 Å². The molecule has 0 radical (unpaired) electrons. The summed E-state index contributed by atoms with van der Waals surface area (Å²) in [5, 5.41) is 9.68. The summed E-state index contributed by atoms with van der Waals surface area (Å²) in [4.78, 5) is 0. The van der Waals surface area contributed by atoms with Crippen LogP contribution in [0.2, 0.25) is 0 Å². The summed E-state index contributed by atoms with van der Waals surface area (Å²) in [7, 11) is 0. The minimum Gasteiger partial charge on any atom is -0.396 e. The molecule has 100 valence electrons. The molecule has 3 rings (SSSR count). The Kier molecular flexibility index (Phi) is 3.59. The summed E-state index contributed by atoms with van der Waals surface area (Å²) < 4.78 is 0.379. The molecule has 0 unspecified atom stereocenters. The van der Waals surface area contributed by atoms with Gasteiger partial charge in [0.15, 0.2) is 0 Å². The van der Waals surface area contributed by atoms with Crippen LogP contribution in [0.4, 0.5) is 0 Å². The van der Waals surface area contributed by atoms with Crippen molar-refractivity contribution in [3.8, 4) is 0 Å². The molecule has 1 nitrogen and oxygen atoms in total. The van der Waals surface area contributed by atoms with Crippen LogP contribution in [0.15, 0.2) is 24.3 Å². The van der Waals surface area contributed by atoms with E-state index < -0.39 is 0 Å². The van der Waals surface area contributed by atoms with Crippen LogP contribution in [-0.2, 0) is 0 Å². The number of hydrogen-bond acceptors (Lipinski definition) is 3. The molecule has 0 aromatic carbocycles. The van der Waals surface area contributed by atoms with Crippen LogP contribution < -0.4 is 0 Å². The van der Waals surface area contributed by atoms with Crippen LogP contribution in [-0.4, -0.2) is 27.3 Å². The van der Waals surface area contributed by atoms with Crippen LogP contribution >= 0.6 is 23.5 Å². The summed E-state index contributed by atoms with van der Waals surface area (Å²) in [6.07, 6.45) is 10.6. The van der Waals surface area contributed by atoms with E-state index in [-0.39, 0.29) is 5.41 Å². The normalized spacial score (nSPS) is 37.6. The topological polar surface area (TPSA) is 20.2 Å². The molecular formula is C15H22OS2. The van der Waals surface area contributed by atoms with Gasteiger partial charge in [0.2, 0.25) is 0 Å². The van der Waals surface area contributed by atoms with Crippen LogP contribution in [0.3, 0.4) is 0 Å². The standard InChI is InChI=1S/C15H22OS2/c1-2-5-14-6-7-15(17-8-9-18-15)10-12(14)3-4-13(14)11-16/h2,10,13,16H,1,3-9,11H2/t13-,14+/m0/s1. The lowest BCUT2D eigenvalue weighted by Crippen LogP contribution is -2.35. The zero-order valence-electron chi connectivity index (χ0n) is 10.9. The third-order valence-corrected chi connectivity index (χ3v) is 8.41. The van der Waals surface area contributed by atoms with E-state index in [9.17, 15) is 5.11 Å². The lowest BCUT2D eigenvalue weighted by Gasteiger charge is -2.43. The van der Waals surface area contributed by atoms with Crippen LogP contribution in [0.1, 0.15) is 32.1 Å². The first-order valence-electron chi connectivity index (χ1n) is 6.97. The maximum Gasteiger partial charge on any atom is 0.0795 e. The van der Waals surface area contributed by atoms with Gasteiger partial charge >= 0.3 is 0 Å². The highest BCUT2D eigenvalue weighted by atomic mass is 32.2. The first-order chi connectivity index (χ1) is 8.75. The summed E-state index contributed by atoms with van der Waals surface area (Å²) in [5.74, 6) is 3.06. The van der Waals surface area contributed by atoms with Gasteiger partial charge in [-0.25, -0.2) is 0 Å². The van der Waals surface area contributed by atoms with Gasteiger partial charge in [-0.3, -0.25) is 0 Å². The highest BCUT2D eigenvalue weighted by molar-refractivity contribution is 8.21. The maximum atomic E-state index is 9.68. The number of hydrogen-bond donors (Lipinski definition) is 1. The van der Waals surface area contributed by atoms with Crippen molar-refractivity contribution >= 4 is 23.5 Å². The fraction of sp³-hybridized carbons (Fsp3) is 0.733. The zero-order valence-corrected chi connectivity index (χ0v) is 12.5. The molecule has 3 aliphatic rings. The lowest BCUT2D eigenvalue weighted by molar-refractivity contribution is 0.126. The second-order valence-electron chi connectivity index (χ2n) is 5.75. The molecular weight excluding hydrogens is 260 g/mol. The van der Waals surface area contributed by atoms with Crippen LogP contribution in [0.5, 0.6) is 0 Å². The summed E-state index contributed by atoms with van der Waals surface area (Å²) in [5.41, 5.74) is 1.89. The van der Waals surface area contributed by atoms with Crippen LogP contribution in [0, 0.1) is 11.3 Å². The van der Waals surface area contributed by atoms with Gasteiger partial charge < -0.3 is 5.11 Å². The minimum absolute atomic E-state index is 0.255. The number of thioether (sulfide) groups is 2. The van der Waals surface area contributed by atoms with Crippen molar-refractivity contribution in [1.29, 1.82) is 0 Å². The fourth-order valence-electron chi connectivity index (χ4n) is 4.05. The second-order valence-corrected chi connectivity index (χ2v) is 8.85. The molecule has 0 bridgehead atoms. The Morgan fingerprint density at radius 3 is 2.83 bits per heavy atom. The molecule has 2 aliphatic carbocycles. The first kappa shape index (κ1) is 13.1. The van der Waals surface area contributed by atoms with Gasteiger partial charge in [-0.05, 0) is 43.4 Å². The van der Waals surface area contributed by atoms with E-state index in [2.05, 4.69) is 42.3 Å². The van der Waals surface area contributed by atoms with E-state index in [0.717, 1.165) is 6.42 Å². The molecule has 2 atom stereocenters. The number of aliphatic hydroxyl groups is 1. The Labute approximate surface area is 118 Å². The van der Waals surface area contributed by atoms with Gasteiger partial charge in [-0.1, -0.05) is 17.7 Å². The second kappa shape index (κ2) is 4.92. The number of allylic oxidation sites excluding steroid dienone is 2. The van der Waals surface area contributed by atoms with Gasteiger partial charge in [-0.15, -0.1) is 30.1 Å². The first-order valence-corrected chi connectivity index (χ1v) is 8.94. The van der Waals surface area contributed by atoms with Crippen molar-refractivity contribution in [2.75, 3.05) is 18.1 Å². The number of rotatable bonds is 3. The third kappa shape index (κ3) is 1.90. The third-order valence-electron chi connectivity index (χ3n) is 5.00. The molecule has 1 aliphatic heterocycles. The quantitative estimate of drug-likeness (QED) is 0.794. The van der Waals surface area contributed by atoms with Crippen molar-refractivity contribution in [2.24, 2.45) is 11.3 Å². The van der Waals surface area contributed by atoms with Crippen LogP contribution in [0.25, 0.3) is 0 Å². The SMILES string of the molecule is C=CC[C@@]12CCC3(C=C1CC[C@H]2CO)SCCS3. The summed E-state index contributed by atoms with van der Waals surface area (Å²) in [6, 6.07) is 0. The Bertz CT molecular complexity index is 371. The van der Waals surface area contributed by atoms with E-state index in [0.29, 0.717) is 16.6 Å². The largest absolute Gasteiger partial charge is 0.396 e. The Morgan fingerprint density at radius 2 is 2.17 bits per heavy atom. The molecule has 0 amide bonds. The van der Waals surface area contributed by atoms with E-state index in [1.54, 1.807) is 5.57 Å². The monoisotopic (exact) mass is 282 g/mol. The molecule has 3 heteroatoms. The Hall–Kier alpha value is 0.140. The Balaban J connectivity index is 1.95. The smallest absolute Gasteiger partial charge is 0.0795 e. The van der Waals surface area contributed by atoms with E-state index in [4.69, 9.17) is 0 Å². The number of fused-ring (bicyclic) bond motifs is 1. The molecule has 1 heterocycles. The minimum atomic E-state index is 0.255. The van der Waals surface area contributed by atoms with E-state index in [1.807, 2.05) is 0 Å². The van der Waals surface area contributed by atoms with E-state index in [1.165, 1.54) is 37.2 Å². The zero-order chi connectivity index (χ0) is 12.6. The number of aliphatic hydroxyl groups excluding tert-OH is 1. The highest BCUT2D eigenvalue weighted by Crippen LogP contribution is 2.62. The molecule has 18 heavy (non-hydrogen) atoms. The average molecular weight is 282 g/mol. The predicted molar refractivity (Wildman–Crippen MR) is 82.0 cm³/mol. The van der Waals surface area contributed by atoms with Gasteiger partial charge in [0.25, 0.3) is 0 Å². The average Bonchev–Trinajstić information content (AvgIpc) is 2.96. The van der Waals surface area contributed by atoms with Crippen molar-refractivity contribution in [3.63, 3.8) is 0 Å². The van der Waals surface area contributed by atoms with Crippen molar-refractivity contribution in [1.82, 2.24) is 0 Å². The Morgan fingerprint density at radius 1 is 1.39 bits per heavy atom. The molecule has 0 aromatic heterocycles. The molecule has 2 fully saturated rings. The van der Waals surface area contributed by atoms with Gasteiger partial charge in [0.1, 0.15) is 0 Å². The van der Waals surface area contributed by atoms with Crippen molar-refractivity contribution in [2.45, 2.75) is 36.2 Å².